The Morgan fingerprint density at radius 2 is 2.05 bits per heavy atom. The van der Waals surface area contributed by atoms with Crippen LogP contribution in [0.25, 0.3) is 0 Å². The Hall–Kier alpha value is -2.09. The Morgan fingerprint density at radius 3 is 2.60 bits per heavy atom. The number of aliphatic carboxylic acids is 1. The van der Waals surface area contributed by atoms with Gasteiger partial charge in [0.2, 0.25) is 5.91 Å². The van der Waals surface area contributed by atoms with Crippen molar-refractivity contribution in [1.29, 1.82) is 0 Å². The fraction of sp³-hybridized carbons (Fsp3) is 0.250. The van der Waals surface area contributed by atoms with Crippen molar-refractivity contribution >= 4 is 39.5 Å². The molecule has 0 saturated heterocycles. The third-order valence-corrected chi connectivity index (χ3v) is 3.38. The molecule has 0 bridgehead atoms. The van der Waals surface area contributed by atoms with Crippen molar-refractivity contribution in [3.8, 4) is 0 Å². The predicted octanol–water partition coefficient (Wildman–Crippen LogP) is 1.21. The van der Waals surface area contributed by atoms with Crippen molar-refractivity contribution in [2.24, 2.45) is 5.73 Å². The molecule has 0 fully saturated rings. The minimum Gasteiger partial charge on any atom is -0.480 e. The Balaban J connectivity index is 2.73. The Labute approximate surface area is 123 Å². The monoisotopic (exact) mass is 343 g/mol. The van der Waals surface area contributed by atoms with Crippen LogP contribution in [-0.4, -0.2) is 29.1 Å². The van der Waals surface area contributed by atoms with Crippen molar-refractivity contribution in [2.45, 2.75) is 19.4 Å². The highest BCUT2D eigenvalue weighted by Gasteiger charge is 2.22. The van der Waals surface area contributed by atoms with Gasteiger partial charge < -0.3 is 21.5 Å². The summed E-state index contributed by atoms with van der Waals surface area (Å²) in [4.78, 5) is 33.3. The zero-order chi connectivity index (χ0) is 15.3. The van der Waals surface area contributed by atoms with Crippen molar-refractivity contribution < 1.29 is 19.5 Å². The highest BCUT2D eigenvalue weighted by atomic mass is 79.9. The van der Waals surface area contributed by atoms with E-state index in [1.807, 2.05) is 6.07 Å². The zero-order valence-corrected chi connectivity index (χ0v) is 12.2. The van der Waals surface area contributed by atoms with Crippen LogP contribution in [-0.2, 0) is 9.59 Å². The van der Waals surface area contributed by atoms with E-state index in [2.05, 4.69) is 26.6 Å². The Kier molecular flexibility index (Phi) is 5.51. The van der Waals surface area contributed by atoms with Crippen molar-refractivity contribution in [1.82, 2.24) is 5.32 Å². The van der Waals surface area contributed by atoms with Crippen molar-refractivity contribution in [2.75, 3.05) is 5.32 Å². The summed E-state index contributed by atoms with van der Waals surface area (Å²) < 4.78 is 0.808. The molecule has 0 aromatic heterocycles. The summed E-state index contributed by atoms with van der Waals surface area (Å²) in [6, 6.07) is 3.12. The summed E-state index contributed by atoms with van der Waals surface area (Å²) in [5.74, 6) is -2.14. The number of carboxylic acid groups (broad SMARTS) is 1. The fourth-order valence-corrected chi connectivity index (χ4v) is 1.83. The number of hydrogen-bond donors (Lipinski definition) is 4. The van der Waals surface area contributed by atoms with Crippen LogP contribution in [0.4, 0.5) is 10.5 Å². The number of anilines is 1. The van der Waals surface area contributed by atoms with E-state index in [-0.39, 0.29) is 0 Å². The lowest BCUT2D eigenvalue weighted by Gasteiger charge is -2.15. The van der Waals surface area contributed by atoms with Crippen LogP contribution < -0.4 is 16.4 Å². The zero-order valence-electron chi connectivity index (χ0n) is 10.6. The van der Waals surface area contributed by atoms with E-state index in [1.54, 1.807) is 19.1 Å². The van der Waals surface area contributed by atoms with Gasteiger partial charge >= 0.3 is 12.0 Å². The number of carbonyl (C=O) groups is 3. The van der Waals surface area contributed by atoms with Crippen molar-refractivity contribution in [3.05, 3.63) is 28.2 Å². The number of carbonyl (C=O) groups excluding carboxylic acids is 2. The highest BCUT2D eigenvalue weighted by molar-refractivity contribution is 9.10. The van der Waals surface area contributed by atoms with Gasteiger partial charge in [-0.05, 0) is 24.6 Å². The second-order valence-electron chi connectivity index (χ2n) is 4.07. The number of hydrogen-bond acceptors (Lipinski definition) is 3. The van der Waals surface area contributed by atoms with Gasteiger partial charge in [-0.1, -0.05) is 22.0 Å². The predicted molar refractivity (Wildman–Crippen MR) is 76.3 cm³/mol. The van der Waals surface area contributed by atoms with Gasteiger partial charge in [-0.2, -0.15) is 0 Å². The smallest absolute Gasteiger partial charge is 0.326 e. The molecule has 0 aliphatic rings. The molecular formula is C12H14BrN3O4. The quantitative estimate of drug-likeness (QED) is 0.641. The SMILES string of the molecule is Cc1c(Br)cccc1NC(=O)N[C@H](CC(N)=O)C(=O)O. The van der Waals surface area contributed by atoms with Gasteiger partial charge in [0.15, 0.2) is 0 Å². The van der Waals surface area contributed by atoms with Crippen LogP contribution in [0.5, 0.6) is 0 Å². The largest absolute Gasteiger partial charge is 0.480 e. The van der Waals surface area contributed by atoms with E-state index >= 15 is 0 Å². The fourth-order valence-electron chi connectivity index (χ4n) is 1.46. The molecule has 8 heteroatoms. The number of benzene rings is 1. The maximum atomic E-state index is 11.7. The third kappa shape index (κ3) is 4.54. The number of primary amides is 1. The van der Waals surface area contributed by atoms with Gasteiger partial charge in [-0.3, -0.25) is 4.79 Å². The second kappa shape index (κ2) is 6.90. The molecule has 7 nitrogen and oxygen atoms in total. The average Bonchev–Trinajstić information content (AvgIpc) is 2.33. The molecule has 0 aliphatic heterocycles. The van der Waals surface area contributed by atoms with Crippen LogP contribution >= 0.6 is 15.9 Å². The molecule has 1 aromatic rings. The summed E-state index contributed by atoms with van der Waals surface area (Å²) >= 11 is 3.32. The normalized spacial score (nSPS) is 11.5. The van der Waals surface area contributed by atoms with Crippen LogP contribution in [0.3, 0.4) is 0 Å². The van der Waals surface area contributed by atoms with Crippen LogP contribution in [0, 0.1) is 6.92 Å². The minimum absolute atomic E-state index is 0.472. The van der Waals surface area contributed by atoms with Gasteiger partial charge in [0.25, 0.3) is 0 Å². The number of amides is 3. The molecule has 0 saturated carbocycles. The Morgan fingerprint density at radius 1 is 1.40 bits per heavy atom. The summed E-state index contributed by atoms with van der Waals surface area (Å²) in [5, 5.41) is 13.6. The number of carboxylic acids is 1. The number of rotatable bonds is 5. The molecule has 1 atom stereocenters. The Bertz CT molecular complexity index is 548. The number of nitrogens with one attached hydrogen (secondary N) is 2. The van der Waals surface area contributed by atoms with Gasteiger partial charge in [0.05, 0.1) is 6.42 Å². The minimum atomic E-state index is -1.36. The summed E-state index contributed by atoms with van der Waals surface area (Å²) in [7, 11) is 0. The standard InChI is InChI=1S/C12H14BrN3O4/c1-6-7(13)3-2-4-8(6)15-12(20)16-9(11(18)19)5-10(14)17/h2-4,9H,5H2,1H3,(H2,14,17)(H,18,19)(H2,15,16,20)/t9-/m1/s1. The van der Waals surface area contributed by atoms with E-state index in [1.165, 1.54) is 0 Å². The first-order valence-corrected chi connectivity index (χ1v) is 6.44. The van der Waals surface area contributed by atoms with Crippen molar-refractivity contribution in [3.63, 3.8) is 0 Å². The van der Waals surface area contributed by atoms with Crippen LogP contribution in [0.2, 0.25) is 0 Å². The highest BCUT2D eigenvalue weighted by Crippen LogP contribution is 2.23. The summed E-state index contributed by atoms with van der Waals surface area (Å²) in [6.45, 7) is 1.79. The summed E-state index contributed by atoms with van der Waals surface area (Å²) in [6.07, 6.45) is -0.472. The molecule has 5 N–H and O–H groups in total. The van der Waals surface area contributed by atoms with E-state index in [9.17, 15) is 14.4 Å². The lowest BCUT2D eigenvalue weighted by atomic mass is 10.2. The molecule has 1 rings (SSSR count). The molecule has 0 heterocycles. The molecule has 1 aromatic carbocycles. The first kappa shape index (κ1) is 16.0. The molecular weight excluding hydrogens is 330 g/mol. The summed E-state index contributed by atoms with van der Waals surface area (Å²) in [5.41, 5.74) is 6.25. The molecule has 3 amide bonds. The third-order valence-electron chi connectivity index (χ3n) is 2.52. The first-order chi connectivity index (χ1) is 9.31. The topological polar surface area (TPSA) is 122 Å². The number of urea groups is 1. The van der Waals surface area contributed by atoms with Gasteiger partial charge in [0, 0.05) is 10.2 Å². The first-order valence-electron chi connectivity index (χ1n) is 5.65. The lowest BCUT2D eigenvalue weighted by Crippen LogP contribution is -2.45. The molecule has 0 unspecified atom stereocenters. The van der Waals surface area contributed by atoms with E-state index in [0.717, 1.165) is 10.0 Å². The molecule has 108 valence electrons. The molecule has 0 spiro atoms. The van der Waals surface area contributed by atoms with Gasteiger partial charge in [-0.25, -0.2) is 9.59 Å². The number of halogens is 1. The van der Waals surface area contributed by atoms with Crippen LogP contribution in [0.1, 0.15) is 12.0 Å². The van der Waals surface area contributed by atoms with Crippen LogP contribution in [0.15, 0.2) is 22.7 Å². The average molecular weight is 344 g/mol. The second-order valence-corrected chi connectivity index (χ2v) is 4.93. The van der Waals surface area contributed by atoms with Gasteiger partial charge in [-0.15, -0.1) is 0 Å². The van der Waals surface area contributed by atoms with Gasteiger partial charge in [0.1, 0.15) is 6.04 Å². The lowest BCUT2D eigenvalue weighted by molar-refractivity contribution is -0.140. The van der Waals surface area contributed by atoms with E-state index in [4.69, 9.17) is 10.8 Å². The molecule has 0 aliphatic carbocycles. The number of nitrogens with two attached hydrogens (primary N) is 1. The maximum Gasteiger partial charge on any atom is 0.326 e. The maximum absolute atomic E-state index is 11.7. The molecule has 0 radical (unpaired) electrons. The van der Waals surface area contributed by atoms with E-state index in [0.29, 0.717) is 5.69 Å². The molecule has 20 heavy (non-hydrogen) atoms. The van der Waals surface area contributed by atoms with E-state index < -0.39 is 30.4 Å².